The van der Waals surface area contributed by atoms with E-state index >= 15 is 0 Å². The molecule has 1 atom stereocenters. The van der Waals surface area contributed by atoms with Gasteiger partial charge in [0.05, 0.1) is 6.10 Å². The lowest BCUT2D eigenvalue weighted by Gasteiger charge is -2.10. The van der Waals surface area contributed by atoms with Gasteiger partial charge in [0.1, 0.15) is 5.75 Å². The van der Waals surface area contributed by atoms with Crippen LogP contribution in [0.1, 0.15) is 122 Å². The largest absolute Gasteiger partial charge is 0.391 e. The van der Waals surface area contributed by atoms with Crippen molar-refractivity contribution in [2.75, 3.05) is 18.8 Å². The SMILES string of the molecule is CCCCCCCCCCCCCCCCCCCCNCC(O)CS(=O)(=O)O. The molecule has 0 fully saturated rings. The van der Waals surface area contributed by atoms with E-state index in [1.807, 2.05) is 0 Å². The van der Waals surface area contributed by atoms with E-state index in [1.54, 1.807) is 0 Å². The van der Waals surface area contributed by atoms with Crippen LogP contribution in [0.4, 0.5) is 0 Å². The van der Waals surface area contributed by atoms with E-state index in [4.69, 9.17) is 4.55 Å². The van der Waals surface area contributed by atoms with Crippen molar-refractivity contribution in [3.05, 3.63) is 0 Å². The molecule has 0 bridgehead atoms. The van der Waals surface area contributed by atoms with Gasteiger partial charge in [-0.25, -0.2) is 0 Å². The first kappa shape index (κ1) is 28.8. The van der Waals surface area contributed by atoms with Crippen molar-refractivity contribution in [3.8, 4) is 0 Å². The van der Waals surface area contributed by atoms with Crippen LogP contribution in [0.3, 0.4) is 0 Å². The Morgan fingerprint density at radius 3 is 1.34 bits per heavy atom. The zero-order chi connectivity index (χ0) is 21.6. The fourth-order valence-corrected chi connectivity index (χ4v) is 4.33. The molecule has 176 valence electrons. The summed E-state index contributed by atoms with van der Waals surface area (Å²) in [7, 11) is -4.09. The van der Waals surface area contributed by atoms with Crippen molar-refractivity contribution < 1.29 is 18.1 Å². The van der Waals surface area contributed by atoms with Crippen LogP contribution in [0.15, 0.2) is 0 Å². The molecule has 0 aromatic carbocycles. The summed E-state index contributed by atoms with van der Waals surface area (Å²) in [6, 6.07) is 0. The molecule has 0 amide bonds. The summed E-state index contributed by atoms with van der Waals surface area (Å²) in [5.41, 5.74) is 0. The minimum Gasteiger partial charge on any atom is -0.391 e. The van der Waals surface area contributed by atoms with Crippen LogP contribution in [0.2, 0.25) is 0 Å². The molecule has 5 nitrogen and oxygen atoms in total. The third-order valence-corrected chi connectivity index (χ3v) is 6.30. The Morgan fingerprint density at radius 2 is 1.00 bits per heavy atom. The van der Waals surface area contributed by atoms with Crippen LogP contribution in [0.25, 0.3) is 0 Å². The molecule has 0 aromatic rings. The Hall–Kier alpha value is -0.170. The monoisotopic (exact) mass is 435 g/mol. The standard InChI is InChI=1S/C23H49NO4S/c1-2-3-4-5-6-7-8-9-10-11-12-13-14-15-16-17-18-19-20-24-21-23(25)22-29(26,27)28/h23-25H,2-22H2,1H3,(H,26,27,28). The second-order valence-electron chi connectivity index (χ2n) is 8.62. The highest BCUT2D eigenvalue weighted by atomic mass is 32.2. The maximum absolute atomic E-state index is 10.6. The van der Waals surface area contributed by atoms with E-state index in [-0.39, 0.29) is 6.54 Å². The third-order valence-electron chi connectivity index (χ3n) is 5.49. The molecule has 0 rings (SSSR count). The first-order valence-electron chi connectivity index (χ1n) is 12.3. The summed E-state index contributed by atoms with van der Waals surface area (Å²) in [4.78, 5) is 0. The molecule has 0 aliphatic heterocycles. The lowest BCUT2D eigenvalue weighted by Crippen LogP contribution is -2.32. The van der Waals surface area contributed by atoms with Gasteiger partial charge in [0.15, 0.2) is 0 Å². The Morgan fingerprint density at radius 1 is 0.655 bits per heavy atom. The molecule has 0 spiro atoms. The molecule has 0 aliphatic carbocycles. The Balaban J connectivity index is 3.12. The number of hydrogen-bond acceptors (Lipinski definition) is 4. The molecule has 0 aromatic heterocycles. The summed E-state index contributed by atoms with van der Waals surface area (Å²) in [5.74, 6) is -0.598. The molecular formula is C23H49NO4S. The molecular weight excluding hydrogens is 386 g/mol. The zero-order valence-corrected chi connectivity index (χ0v) is 19.9. The second-order valence-corrected chi connectivity index (χ2v) is 10.1. The minimum absolute atomic E-state index is 0.207. The van der Waals surface area contributed by atoms with Gasteiger partial charge in [0.25, 0.3) is 10.1 Å². The first-order chi connectivity index (χ1) is 14.0. The van der Waals surface area contributed by atoms with Gasteiger partial charge in [-0.05, 0) is 13.0 Å². The van der Waals surface area contributed by atoms with Crippen molar-refractivity contribution in [1.82, 2.24) is 5.32 Å². The lowest BCUT2D eigenvalue weighted by molar-refractivity contribution is 0.191. The molecule has 1 unspecified atom stereocenters. The Labute approximate surface area is 181 Å². The van der Waals surface area contributed by atoms with Gasteiger partial charge >= 0.3 is 0 Å². The molecule has 0 heterocycles. The van der Waals surface area contributed by atoms with E-state index < -0.39 is 22.0 Å². The van der Waals surface area contributed by atoms with Crippen molar-refractivity contribution in [2.24, 2.45) is 0 Å². The predicted molar refractivity (Wildman–Crippen MR) is 124 cm³/mol. The minimum atomic E-state index is -4.09. The number of nitrogens with one attached hydrogen (secondary N) is 1. The van der Waals surface area contributed by atoms with E-state index in [0.29, 0.717) is 0 Å². The molecule has 3 N–H and O–H groups in total. The highest BCUT2D eigenvalue weighted by molar-refractivity contribution is 7.85. The highest BCUT2D eigenvalue weighted by Gasteiger charge is 2.13. The molecule has 0 radical (unpaired) electrons. The Kier molecular flexibility index (Phi) is 21.0. The summed E-state index contributed by atoms with van der Waals surface area (Å²) >= 11 is 0. The average Bonchev–Trinajstić information content (AvgIpc) is 2.65. The molecule has 29 heavy (non-hydrogen) atoms. The lowest BCUT2D eigenvalue weighted by atomic mass is 10.0. The summed E-state index contributed by atoms with van der Waals surface area (Å²) in [6.45, 7) is 3.26. The normalized spacial score (nSPS) is 13.1. The third kappa shape index (κ3) is 25.8. The number of unbranched alkanes of at least 4 members (excludes halogenated alkanes) is 17. The van der Waals surface area contributed by atoms with E-state index in [2.05, 4.69) is 12.2 Å². The second kappa shape index (κ2) is 21.1. The van der Waals surface area contributed by atoms with E-state index in [1.165, 1.54) is 109 Å². The summed E-state index contributed by atoms with van der Waals surface area (Å²) in [5, 5.41) is 12.5. The van der Waals surface area contributed by atoms with Gasteiger partial charge in [0.2, 0.25) is 0 Å². The predicted octanol–water partition coefficient (Wildman–Crippen LogP) is 5.87. The van der Waals surface area contributed by atoms with Crippen molar-refractivity contribution >= 4 is 10.1 Å². The first-order valence-corrected chi connectivity index (χ1v) is 13.9. The fraction of sp³-hybridized carbons (Fsp3) is 1.00. The van der Waals surface area contributed by atoms with Crippen molar-refractivity contribution in [1.29, 1.82) is 0 Å². The average molecular weight is 436 g/mol. The summed E-state index contributed by atoms with van der Waals surface area (Å²) in [6.07, 6.45) is 23.3. The number of hydrogen-bond donors (Lipinski definition) is 3. The van der Waals surface area contributed by atoms with Gasteiger partial charge in [-0.3, -0.25) is 4.55 Å². The van der Waals surface area contributed by atoms with Crippen LogP contribution < -0.4 is 5.32 Å². The maximum atomic E-state index is 10.6. The van der Waals surface area contributed by atoms with Crippen LogP contribution in [-0.2, 0) is 10.1 Å². The fourth-order valence-electron chi connectivity index (χ4n) is 3.72. The maximum Gasteiger partial charge on any atom is 0.267 e. The van der Waals surface area contributed by atoms with Crippen molar-refractivity contribution in [2.45, 2.75) is 129 Å². The highest BCUT2D eigenvalue weighted by Crippen LogP contribution is 2.14. The van der Waals surface area contributed by atoms with Gasteiger partial charge in [0, 0.05) is 6.54 Å². The molecule has 0 saturated carbocycles. The number of rotatable bonds is 23. The van der Waals surface area contributed by atoms with Crippen molar-refractivity contribution in [3.63, 3.8) is 0 Å². The summed E-state index contributed by atoms with van der Waals surface area (Å²) < 4.78 is 29.9. The molecule has 0 aliphatic rings. The van der Waals surface area contributed by atoms with Gasteiger partial charge in [-0.15, -0.1) is 0 Å². The zero-order valence-electron chi connectivity index (χ0n) is 19.0. The molecule has 6 heteroatoms. The van der Waals surface area contributed by atoms with Gasteiger partial charge in [-0.2, -0.15) is 8.42 Å². The quantitative estimate of drug-likeness (QED) is 0.138. The topological polar surface area (TPSA) is 86.6 Å². The van der Waals surface area contributed by atoms with Gasteiger partial charge < -0.3 is 10.4 Å². The van der Waals surface area contributed by atoms with Gasteiger partial charge in [-0.1, -0.05) is 116 Å². The van der Waals surface area contributed by atoms with E-state index in [9.17, 15) is 13.5 Å². The van der Waals surface area contributed by atoms with Crippen LogP contribution in [-0.4, -0.2) is 43.0 Å². The smallest absolute Gasteiger partial charge is 0.267 e. The Bertz CT molecular complexity index is 429. The van der Waals surface area contributed by atoms with Crippen LogP contribution in [0, 0.1) is 0 Å². The molecule has 0 saturated heterocycles. The number of aliphatic hydroxyl groups is 1. The van der Waals surface area contributed by atoms with E-state index in [0.717, 1.165) is 13.0 Å². The van der Waals surface area contributed by atoms with Crippen LogP contribution in [0.5, 0.6) is 0 Å². The number of aliphatic hydroxyl groups excluding tert-OH is 1. The van der Waals surface area contributed by atoms with Crippen LogP contribution >= 0.6 is 0 Å².